The fourth-order valence-electron chi connectivity index (χ4n) is 2.02. The summed E-state index contributed by atoms with van der Waals surface area (Å²) in [4.78, 5) is 0. The Bertz CT molecular complexity index is 936. The van der Waals surface area contributed by atoms with Crippen molar-refractivity contribution in [2.75, 3.05) is 0 Å². The third-order valence-electron chi connectivity index (χ3n) is 3.37. The van der Waals surface area contributed by atoms with E-state index in [0.29, 0.717) is 11.1 Å². The number of hydrogen-bond acceptors (Lipinski definition) is 4. The maximum absolute atomic E-state index is 12.3. The van der Waals surface area contributed by atoms with Crippen LogP contribution in [0.3, 0.4) is 0 Å². The van der Waals surface area contributed by atoms with Gasteiger partial charge in [0.2, 0.25) is 9.84 Å². The van der Waals surface area contributed by atoms with Gasteiger partial charge in [0.25, 0.3) is 0 Å². The molecule has 1 unspecified atom stereocenters. The minimum absolute atomic E-state index is 0.164. The predicted molar refractivity (Wildman–Crippen MR) is 95.4 cm³/mol. The molecule has 0 aromatic heterocycles. The summed E-state index contributed by atoms with van der Waals surface area (Å²) in [5, 5.41) is 1.09. The van der Waals surface area contributed by atoms with Crippen LogP contribution in [0.1, 0.15) is 18.1 Å². The Morgan fingerprint density at radius 3 is 1.75 bits per heavy atom. The number of rotatable bonds is 5. The maximum atomic E-state index is 12.3. The lowest BCUT2D eigenvalue weighted by Crippen LogP contribution is -2.18. The third kappa shape index (κ3) is 5.52. The lowest BCUT2D eigenvalue weighted by Gasteiger charge is -2.07. The second kappa shape index (κ2) is 7.65. The minimum Gasteiger partial charge on any atom is -0.227 e. The highest BCUT2D eigenvalue weighted by Crippen LogP contribution is 2.11. The van der Waals surface area contributed by atoms with Gasteiger partial charge in [0.1, 0.15) is 5.25 Å². The van der Waals surface area contributed by atoms with Crippen LogP contribution in [-0.4, -0.2) is 22.1 Å². The minimum atomic E-state index is -3.69. The van der Waals surface area contributed by atoms with E-state index in [0.717, 1.165) is 0 Å². The molecule has 0 radical (unpaired) electrons. The van der Waals surface area contributed by atoms with Crippen LogP contribution < -0.4 is 0 Å². The summed E-state index contributed by atoms with van der Waals surface area (Å²) in [5.41, 5.74) is 1.27. The molecule has 0 bridgehead atoms. The quantitative estimate of drug-likeness (QED) is 0.605. The lowest BCUT2D eigenvalue weighted by atomic mass is 10.2. The summed E-state index contributed by atoms with van der Waals surface area (Å²) in [7, 11) is -7.24. The summed E-state index contributed by atoms with van der Waals surface area (Å²) in [6.07, 6.45) is 0. The van der Waals surface area contributed by atoms with Gasteiger partial charge in [0.05, 0.1) is 11.5 Å². The number of hydrogen-bond donors (Lipinski definition) is 0. The molecule has 2 aromatic carbocycles. The van der Waals surface area contributed by atoms with Crippen molar-refractivity contribution in [3.63, 3.8) is 0 Å². The highest BCUT2D eigenvalue weighted by molar-refractivity contribution is 7.95. The van der Waals surface area contributed by atoms with Gasteiger partial charge < -0.3 is 0 Å². The topological polar surface area (TPSA) is 68.3 Å². The average molecular weight is 362 g/mol. The van der Waals surface area contributed by atoms with E-state index in [2.05, 4.69) is 11.2 Å². The number of sulfone groups is 2. The zero-order chi connectivity index (χ0) is 17.6. The molecular formula is C18H18O4S2. The normalized spacial score (nSPS) is 12.9. The lowest BCUT2D eigenvalue weighted by molar-refractivity contribution is 0.591. The van der Waals surface area contributed by atoms with E-state index in [-0.39, 0.29) is 11.5 Å². The summed E-state index contributed by atoms with van der Waals surface area (Å²) in [5.74, 6) is 1.98. The van der Waals surface area contributed by atoms with Crippen LogP contribution in [0, 0.1) is 11.2 Å². The van der Waals surface area contributed by atoms with Gasteiger partial charge in [-0.25, -0.2) is 16.8 Å². The first-order valence-corrected chi connectivity index (χ1v) is 10.7. The Labute approximate surface area is 143 Å². The Morgan fingerprint density at radius 2 is 1.25 bits per heavy atom. The standard InChI is InChI=1S/C18H18O4S2/c1-16(24(21,22)15-18-10-6-3-7-11-18)12-13-23(19,20)14-17-8-4-2-5-9-17/h2-11,16H,14-15H2,1H3. The Kier molecular flexibility index (Phi) is 5.81. The monoisotopic (exact) mass is 362 g/mol. The van der Waals surface area contributed by atoms with Gasteiger partial charge in [-0.05, 0) is 18.1 Å². The first-order valence-electron chi connectivity index (χ1n) is 7.33. The molecular weight excluding hydrogens is 344 g/mol. The summed E-state index contributed by atoms with van der Waals surface area (Å²) >= 11 is 0. The molecule has 126 valence electrons. The second-order valence-electron chi connectivity index (χ2n) is 5.43. The molecule has 0 aliphatic heterocycles. The maximum Gasteiger partial charge on any atom is 0.220 e. The van der Waals surface area contributed by atoms with E-state index in [1.807, 2.05) is 0 Å². The van der Waals surface area contributed by atoms with E-state index in [1.54, 1.807) is 60.7 Å². The molecule has 0 saturated heterocycles. The van der Waals surface area contributed by atoms with Crippen molar-refractivity contribution in [2.24, 2.45) is 0 Å². The molecule has 2 aromatic rings. The Morgan fingerprint density at radius 1 is 0.792 bits per heavy atom. The van der Waals surface area contributed by atoms with Gasteiger partial charge in [0, 0.05) is 5.25 Å². The molecule has 0 aliphatic carbocycles. The molecule has 2 rings (SSSR count). The van der Waals surface area contributed by atoms with Gasteiger partial charge in [-0.1, -0.05) is 66.6 Å². The first-order chi connectivity index (χ1) is 11.3. The van der Waals surface area contributed by atoms with Crippen molar-refractivity contribution in [1.29, 1.82) is 0 Å². The van der Waals surface area contributed by atoms with E-state index >= 15 is 0 Å². The molecule has 0 aliphatic rings. The van der Waals surface area contributed by atoms with Crippen LogP contribution in [-0.2, 0) is 31.2 Å². The van der Waals surface area contributed by atoms with Gasteiger partial charge in [-0.15, -0.1) is 0 Å². The van der Waals surface area contributed by atoms with Crippen LogP contribution >= 0.6 is 0 Å². The van der Waals surface area contributed by atoms with Crippen LogP contribution in [0.4, 0.5) is 0 Å². The molecule has 0 amide bonds. The van der Waals surface area contributed by atoms with Crippen molar-refractivity contribution in [1.82, 2.24) is 0 Å². The van der Waals surface area contributed by atoms with E-state index in [1.165, 1.54) is 6.92 Å². The Hall–Kier alpha value is -2.10. The molecule has 0 saturated carbocycles. The van der Waals surface area contributed by atoms with Crippen molar-refractivity contribution in [3.8, 4) is 11.2 Å². The van der Waals surface area contributed by atoms with Gasteiger partial charge >= 0.3 is 0 Å². The fourth-order valence-corrected chi connectivity index (χ4v) is 4.30. The van der Waals surface area contributed by atoms with Crippen molar-refractivity contribution < 1.29 is 16.8 Å². The molecule has 4 nitrogen and oxygen atoms in total. The molecule has 0 spiro atoms. The smallest absolute Gasteiger partial charge is 0.220 e. The molecule has 0 N–H and O–H groups in total. The third-order valence-corrected chi connectivity index (χ3v) is 6.44. The van der Waals surface area contributed by atoms with Crippen LogP contribution in [0.2, 0.25) is 0 Å². The predicted octanol–water partition coefficient (Wildman–Crippen LogP) is 2.57. The van der Waals surface area contributed by atoms with E-state index < -0.39 is 24.9 Å². The second-order valence-corrected chi connectivity index (χ2v) is 9.47. The Balaban J connectivity index is 2.11. The van der Waals surface area contributed by atoms with Crippen molar-refractivity contribution in [3.05, 3.63) is 71.8 Å². The molecule has 0 heterocycles. The summed E-state index contributed by atoms with van der Waals surface area (Å²) in [6.45, 7) is 1.41. The van der Waals surface area contributed by atoms with Gasteiger partial charge in [0.15, 0.2) is 9.84 Å². The molecule has 6 heteroatoms. The van der Waals surface area contributed by atoms with E-state index in [4.69, 9.17) is 0 Å². The van der Waals surface area contributed by atoms with Crippen LogP contribution in [0.25, 0.3) is 0 Å². The van der Waals surface area contributed by atoms with Gasteiger partial charge in [-0.2, -0.15) is 0 Å². The van der Waals surface area contributed by atoms with Crippen LogP contribution in [0.5, 0.6) is 0 Å². The fraction of sp³-hybridized carbons (Fsp3) is 0.222. The average Bonchev–Trinajstić information content (AvgIpc) is 2.53. The van der Waals surface area contributed by atoms with Gasteiger partial charge in [-0.3, -0.25) is 0 Å². The molecule has 0 fully saturated rings. The largest absolute Gasteiger partial charge is 0.227 e. The molecule has 24 heavy (non-hydrogen) atoms. The highest BCUT2D eigenvalue weighted by atomic mass is 32.2. The SMILES string of the molecule is CC(C#CS(=O)(=O)Cc1ccccc1)S(=O)(=O)Cc1ccccc1. The zero-order valence-corrected chi connectivity index (χ0v) is 14.8. The molecule has 1 atom stereocenters. The number of benzene rings is 2. The van der Waals surface area contributed by atoms with Crippen molar-refractivity contribution in [2.45, 2.75) is 23.7 Å². The zero-order valence-electron chi connectivity index (χ0n) is 13.2. The first kappa shape index (κ1) is 18.2. The van der Waals surface area contributed by atoms with Crippen molar-refractivity contribution >= 4 is 19.7 Å². The van der Waals surface area contributed by atoms with E-state index in [9.17, 15) is 16.8 Å². The summed E-state index contributed by atoms with van der Waals surface area (Å²) in [6, 6.07) is 17.4. The van der Waals surface area contributed by atoms with Crippen LogP contribution in [0.15, 0.2) is 60.7 Å². The summed E-state index contributed by atoms with van der Waals surface area (Å²) < 4.78 is 48.6. The highest BCUT2D eigenvalue weighted by Gasteiger charge is 2.20.